The van der Waals surface area contributed by atoms with Crippen LogP contribution in [0.4, 0.5) is 0 Å². The molecule has 1 saturated carbocycles. The largest absolute Gasteiger partial charge is 0.314 e. The fourth-order valence-electron chi connectivity index (χ4n) is 2.75. The van der Waals surface area contributed by atoms with Gasteiger partial charge in [0.15, 0.2) is 0 Å². The minimum absolute atomic E-state index is 0.676. The van der Waals surface area contributed by atoms with Gasteiger partial charge in [-0.3, -0.25) is 0 Å². The summed E-state index contributed by atoms with van der Waals surface area (Å²) in [7, 11) is 0. The molecule has 0 aliphatic heterocycles. The highest BCUT2D eigenvalue weighted by molar-refractivity contribution is 4.80. The summed E-state index contributed by atoms with van der Waals surface area (Å²) in [5.74, 6) is 0.969. The molecule has 0 aromatic rings. The van der Waals surface area contributed by atoms with E-state index in [1.807, 2.05) is 0 Å². The van der Waals surface area contributed by atoms with Crippen molar-refractivity contribution in [3.63, 3.8) is 0 Å². The summed E-state index contributed by atoms with van der Waals surface area (Å²) in [4.78, 5) is 0. The molecule has 1 aliphatic rings. The second-order valence-electron chi connectivity index (χ2n) is 4.87. The van der Waals surface area contributed by atoms with Crippen molar-refractivity contribution in [2.45, 2.75) is 64.3 Å². The monoisotopic (exact) mass is 209 g/mol. The molecule has 0 radical (unpaired) electrons. The van der Waals surface area contributed by atoms with Gasteiger partial charge >= 0.3 is 0 Å². The van der Waals surface area contributed by atoms with Crippen molar-refractivity contribution in [2.24, 2.45) is 5.92 Å². The van der Waals surface area contributed by atoms with Gasteiger partial charge < -0.3 is 5.32 Å². The van der Waals surface area contributed by atoms with Crippen molar-refractivity contribution in [1.82, 2.24) is 5.32 Å². The van der Waals surface area contributed by atoms with Gasteiger partial charge in [-0.25, -0.2) is 0 Å². The van der Waals surface area contributed by atoms with Gasteiger partial charge in [0.25, 0.3) is 0 Å². The lowest BCUT2D eigenvalue weighted by molar-refractivity contribution is 0.355. The van der Waals surface area contributed by atoms with Crippen LogP contribution >= 0.6 is 0 Å². The highest BCUT2D eigenvalue weighted by Gasteiger charge is 2.16. The minimum Gasteiger partial charge on any atom is -0.314 e. The predicted octanol–water partition coefficient (Wildman–Crippen LogP) is 3.90. The van der Waals surface area contributed by atoms with Crippen molar-refractivity contribution < 1.29 is 0 Å². The topological polar surface area (TPSA) is 12.0 Å². The number of hydrogen-bond acceptors (Lipinski definition) is 1. The van der Waals surface area contributed by atoms with E-state index >= 15 is 0 Å². The van der Waals surface area contributed by atoms with E-state index < -0.39 is 0 Å². The Morgan fingerprint density at radius 1 is 1.27 bits per heavy atom. The second kappa shape index (κ2) is 7.92. The molecule has 1 heteroatoms. The van der Waals surface area contributed by atoms with Crippen LogP contribution in [0.25, 0.3) is 0 Å². The lowest BCUT2D eigenvalue weighted by atomic mass is 9.91. The van der Waals surface area contributed by atoms with E-state index in [9.17, 15) is 0 Å². The maximum absolute atomic E-state index is 3.85. The van der Waals surface area contributed by atoms with Crippen LogP contribution in [0, 0.1) is 5.92 Å². The SMILES string of the molecule is C=CCC(CC1CCCCCC1)NCC. The van der Waals surface area contributed by atoms with Crippen LogP contribution in [-0.2, 0) is 0 Å². The van der Waals surface area contributed by atoms with E-state index in [2.05, 4.69) is 24.9 Å². The molecule has 0 amide bonds. The van der Waals surface area contributed by atoms with Crippen LogP contribution in [-0.4, -0.2) is 12.6 Å². The predicted molar refractivity (Wildman–Crippen MR) is 68.1 cm³/mol. The zero-order chi connectivity index (χ0) is 10.9. The number of hydrogen-bond donors (Lipinski definition) is 1. The van der Waals surface area contributed by atoms with Crippen LogP contribution < -0.4 is 5.32 Å². The van der Waals surface area contributed by atoms with Gasteiger partial charge in [0, 0.05) is 6.04 Å². The third kappa shape index (κ3) is 5.36. The zero-order valence-electron chi connectivity index (χ0n) is 10.3. The first-order valence-electron chi connectivity index (χ1n) is 6.71. The Hall–Kier alpha value is -0.300. The van der Waals surface area contributed by atoms with Gasteiger partial charge in [-0.15, -0.1) is 6.58 Å². The van der Waals surface area contributed by atoms with Crippen molar-refractivity contribution in [3.8, 4) is 0 Å². The zero-order valence-corrected chi connectivity index (χ0v) is 10.3. The van der Waals surface area contributed by atoms with E-state index in [1.165, 1.54) is 44.9 Å². The maximum Gasteiger partial charge on any atom is 0.0104 e. The molecule has 1 aliphatic carbocycles. The van der Waals surface area contributed by atoms with Crippen molar-refractivity contribution in [3.05, 3.63) is 12.7 Å². The normalized spacial score (nSPS) is 20.9. The van der Waals surface area contributed by atoms with Crippen LogP contribution in [0.15, 0.2) is 12.7 Å². The third-order valence-corrected chi connectivity index (χ3v) is 3.54. The molecule has 1 atom stereocenters. The van der Waals surface area contributed by atoms with Crippen LogP contribution in [0.1, 0.15) is 58.3 Å². The first-order valence-corrected chi connectivity index (χ1v) is 6.71. The Morgan fingerprint density at radius 3 is 2.47 bits per heavy atom. The number of nitrogens with one attached hydrogen (secondary N) is 1. The quantitative estimate of drug-likeness (QED) is 0.517. The standard InChI is InChI=1S/C14H27N/c1-3-9-14(15-4-2)12-13-10-7-5-6-8-11-13/h3,13-15H,1,4-12H2,2H3. The van der Waals surface area contributed by atoms with Crippen molar-refractivity contribution in [1.29, 1.82) is 0 Å². The van der Waals surface area contributed by atoms with Gasteiger partial charge in [-0.05, 0) is 25.3 Å². The first kappa shape index (κ1) is 12.8. The van der Waals surface area contributed by atoms with Crippen LogP contribution in [0.3, 0.4) is 0 Å². The first-order chi connectivity index (χ1) is 7.36. The Kier molecular flexibility index (Phi) is 6.74. The smallest absolute Gasteiger partial charge is 0.0104 e. The molecule has 0 bridgehead atoms. The van der Waals surface area contributed by atoms with E-state index in [1.54, 1.807) is 0 Å². The van der Waals surface area contributed by atoms with Gasteiger partial charge in [-0.2, -0.15) is 0 Å². The van der Waals surface area contributed by atoms with Gasteiger partial charge in [0.1, 0.15) is 0 Å². The van der Waals surface area contributed by atoms with Gasteiger partial charge in [0.05, 0.1) is 0 Å². The molecular formula is C14H27N. The third-order valence-electron chi connectivity index (χ3n) is 3.54. The molecule has 0 aromatic carbocycles. The molecule has 1 N–H and O–H groups in total. The fraction of sp³-hybridized carbons (Fsp3) is 0.857. The second-order valence-corrected chi connectivity index (χ2v) is 4.87. The molecular weight excluding hydrogens is 182 g/mol. The Morgan fingerprint density at radius 2 is 1.93 bits per heavy atom. The lowest BCUT2D eigenvalue weighted by Crippen LogP contribution is -2.30. The summed E-state index contributed by atoms with van der Waals surface area (Å²) >= 11 is 0. The number of rotatable bonds is 6. The van der Waals surface area contributed by atoms with E-state index in [0.717, 1.165) is 18.9 Å². The van der Waals surface area contributed by atoms with Crippen molar-refractivity contribution >= 4 is 0 Å². The summed E-state index contributed by atoms with van der Waals surface area (Å²) < 4.78 is 0. The molecule has 0 heterocycles. The molecule has 0 aromatic heterocycles. The molecule has 0 spiro atoms. The average Bonchev–Trinajstić information content (AvgIpc) is 2.47. The molecule has 1 nitrogen and oxygen atoms in total. The van der Waals surface area contributed by atoms with Crippen LogP contribution in [0.2, 0.25) is 0 Å². The van der Waals surface area contributed by atoms with Crippen LogP contribution in [0.5, 0.6) is 0 Å². The Bertz CT molecular complexity index is 157. The summed E-state index contributed by atoms with van der Waals surface area (Å²) in [6.45, 7) is 7.14. The summed E-state index contributed by atoms with van der Waals surface area (Å²) in [6.07, 6.45) is 13.3. The fourth-order valence-corrected chi connectivity index (χ4v) is 2.75. The Labute approximate surface area is 95.3 Å². The highest BCUT2D eigenvalue weighted by atomic mass is 14.9. The van der Waals surface area contributed by atoms with E-state index in [0.29, 0.717) is 6.04 Å². The molecule has 15 heavy (non-hydrogen) atoms. The Balaban J connectivity index is 2.30. The molecule has 88 valence electrons. The highest BCUT2D eigenvalue weighted by Crippen LogP contribution is 2.27. The molecule has 1 unspecified atom stereocenters. The van der Waals surface area contributed by atoms with Gasteiger partial charge in [0.2, 0.25) is 0 Å². The molecule has 1 fully saturated rings. The molecule has 1 rings (SSSR count). The summed E-state index contributed by atoms with van der Waals surface area (Å²) in [5.41, 5.74) is 0. The van der Waals surface area contributed by atoms with Crippen molar-refractivity contribution in [2.75, 3.05) is 6.54 Å². The average molecular weight is 209 g/mol. The summed E-state index contributed by atoms with van der Waals surface area (Å²) in [5, 5.41) is 3.58. The molecule has 0 saturated heterocycles. The maximum atomic E-state index is 3.85. The lowest BCUT2D eigenvalue weighted by Gasteiger charge is -2.22. The minimum atomic E-state index is 0.676. The van der Waals surface area contributed by atoms with Gasteiger partial charge in [-0.1, -0.05) is 51.5 Å². The van der Waals surface area contributed by atoms with E-state index in [4.69, 9.17) is 0 Å². The van der Waals surface area contributed by atoms with E-state index in [-0.39, 0.29) is 0 Å². The summed E-state index contributed by atoms with van der Waals surface area (Å²) in [6, 6.07) is 0.676.